The van der Waals surface area contributed by atoms with E-state index in [1.54, 1.807) is 0 Å². The van der Waals surface area contributed by atoms with Crippen molar-refractivity contribution in [2.75, 3.05) is 32.8 Å². The maximum absolute atomic E-state index is 5.84. The largest absolute Gasteiger partial charge is 0.346 e. The zero-order valence-electron chi connectivity index (χ0n) is 11.5. The summed E-state index contributed by atoms with van der Waals surface area (Å²) in [4.78, 5) is 2.57. The second kappa shape index (κ2) is 5.89. The molecule has 2 heterocycles. The number of hydrogen-bond donors (Lipinski definition) is 0. The topological polar surface area (TPSA) is 21.7 Å². The summed E-state index contributed by atoms with van der Waals surface area (Å²) >= 11 is 0. The quantitative estimate of drug-likeness (QED) is 0.772. The first-order valence-electron chi connectivity index (χ1n) is 7.87. The van der Waals surface area contributed by atoms with Crippen LogP contribution in [0.1, 0.15) is 51.4 Å². The summed E-state index contributed by atoms with van der Waals surface area (Å²) in [5, 5.41) is 0. The fourth-order valence-corrected chi connectivity index (χ4v) is 3.84. The molecular formula is C15H27NO2. The minimum atomic E-state index is -0.231. The summed E-state index contributed by atoms with van der Waals surface area (Å²) in [5.41, 5.74) is 0. The van der Waals surface area contributed by atoms with Crippen molar-refractivity contribution in [3.05, 3.63) is 0 Å². The van der Waals surface area contributed by atoms with E-state index < -0.39 is 0 Å². The Balaban J connectivity index is 1.44. The standard InChI is InChI=1S/C15H27NO2/c1-2-5-14(6-3-1)7-10-16-9-4-8-15(13-16)17-11-12-18-15/h14H,1-13H2. The Morgan fingerprint density at radius 3 is 2.56 bits per heavy atom. The van der Waals surface area contributed by atoms with Gasteiger partial charge in [-0.2, -0.15) is 0 Å². The summed E-state index contributed by atoms with van der Waals surface area (Å²) in [6.07, 6.45) is 11.0. The Kier molecular flexibility index (Phi) is 4.22. The van der Waals surface area contributed by atoms with Crippen molar-refractivity contribution in [3.8, 4) is 0 Å². The number of likely N-dealkylation sites (tertiary alicyclic amines) is 1. The molecule has 1 aliphatic carbocycles. The molecule has 0 amide bonds. The van der Waals surface area contributed by atoms with Crippen LogP contribution in [0.25, 0.3) is 0 Å². The van der Waals surface area contributed by atoms with Gasteiger partial charge in [0.2, 0.25) is 0 Å². The monoisotopic (exact) mass is 253 g/mol. The molecule has 3 rings (SSSR count). The van der Waals surface area contributed by atoms with Crippen LogP contribution in [0.2, 0.25) is 0 Å². The van der Waals surface area contributed by atoms with Crippen LogP contribution in [0.3, 0.4) is 0 Å². The number of piperidine rings is 1. The second-order valence-electron chi connectivity index (χ2n) is 6.28. The molecule has 0 radical (unpaired) electrons. The first-order valence-corrected chi connectivity index (χ1v) is 7.87. The van der Waals surface area contributed by atoms with E-state index in [1.807, 2.05) is 0 Å². The molecule has 2 saturated heterocycles. The zero-order chi connectivity index (χ0) is 12.3. The molecule has 0 aromatic heterocycles. The Morgan fingerprint density at radius 2 is 1.78 bits per heavy atom. The van der Waals surface area contributed by atoms with Crippen LogP contribution in [0.4, 0.5) is 0 Å². The summed E-state index contributed by atoms with van der Waals surface area (Å²) in [6.45, 7) is 5.06. The molecule has 1 spiro atoms. The SMILES string of the molecule is C1CCC(CCN2CCCC3(C2)OCCO3)CC1. The Morgan fingerprint density at radius 1 is 1.00 bits per heavy atom. The highest BCUT2D eigenvalue weighted by atomic mass is 16.7. The van der Waals surface area contributed by atoms with Gasteiger partial charge in [0, 0.05) is 6.42 Å². The van der Waals surface area contributed by atoms with Gasteiger partial charge in [-0.1, -0.05) is 32.1 Å². The highest BCUT2D eigenvalue weighted by Gasteiger charge is 2.40. The lowest BCUT2D eigenvalue weighted by atomic mass is 9.87. The summed E-state index contributed by atoms with van der Waals surface area (Å²) in [5.74, 6) is 0.757. The highest BCUT2D eigenvalue weighted by molar-refractivity contribution is 4.84. The van der Waals surface area contributed by atoms with E-state index in [0.717, 1.165) is 32.1 Å². The van der Waals surface area contributed by atoms with Crippen LogP contribution in [0.5, 0.6) is 0 Å². The van der Waals surface area contributed by atoms with Crippen LogP contribution in [-0.4, -0.2) is 43.5 Å². The molecule has 3 heteroatoms. The average molecular weight is 253 g/mol. The lowest BCUT2D eigenvalue weighted by molar-refractivity contribution is -0.189. The fourth-order valence-electron chi connectivity index (χ4n) is 3.84. The zero-order valence-corrected chi connectivity index (χ0v) is 11.5. The van der Waals surface area contributed by atoms with E-state index in [4.69, 9.17) is 9.47 Å². The number of hydrogen-bond acceptors (Lipinski definition) is 3. The molecule has 0 aromatic carbocycles. The Labute approximate surface area is 111 Å². The number of ether oxygens (including phenoxy) is 2. The minimum absolute atomic E-state index is 0.231. The molecule has 0 N–H and O–H groups in total. The molecule has 3 aliphatic rings. The molecule has 3 nitrogen and oxygen atoms in total. The second-order valence-corrected chi connectivity index (χ2v) is 6.28. The van der Waals surface area contributed by atoms with E-state index >= 15 is 0 Å². The van der Waals surface area contributed by atoms with Gasteiger partial charge in [-0.05, 0) is 31.8 Å². The first kappa shape index (κ1) is 12.9. The number of rotatable bonds is 3. The van der Waals surface area contributed by atoms with Crippen molar-refractivity contribution in [1.29, 1.82) is 0 Å². The normalized spacial score (nSPS) is 30.0. The molecular weight excluding hydrogens is 226 g/mol. The van der Waals surface area contributed by atoms with Gasteiger partial charge in [0.05, 0.1) is 19.8 Å². The van der Waals surface area contributed by atoms with Crippen molar-refractivity contribution in [2.45, 2.75) is 57.2 Å². The van der Waals surface area contributed by atoms with Gasteiger partial charge in [0.1, 0.15) is 0 Å². The molecule has 0 bridgehead atoms. The summed E-state index contributed by atoms with van der Waals surface area (Å²) < 4.78 is 11.7. The smallest absolute Gasteiger partial charge is 0.181 e. The number of nitrogens with zero attached hydrogens (tertiary/aromatic N) is 1. The van der Waals surface area contributed by atoms with Gasteiger partial charge in [-0.25, -0.2) is 0 Å². The van der Waals surface area contributed by atoms with Gasteiger partial charge >= 0.3 is 0 Å². The van der Waals surface area contributed by atoms with E-state index in [2.05, 4.69) is 4.90 Å². The first-order chi connectivity index (χ1) is 8.86. The molecule has 3 fully saturated rings. The van der Waals surface area contributed by atoms with Crippen molar-refractivity contribution in [3.63, 3.8) is 0 Å². The van der Waals surface area contributed by atoms with Crippen LogP contribution >= 0.6 is 0 Å². The molecule has 0 atom stereocenters. The molecule has 104 valence electrons. The van der Waals surface area contributed by atoms with Gasteiger partial charge in [-0.15, -0.1) is 0 Å². The van der Waals surface area contributed by atoms with Crippen molar-refractivity contribution in [1.82, 2.24) is 4.90 Å². The maximum Gasteiger partial charge on any atom is 0.181 e. The Bertz CT molecular complexity index is 257. The predicted octanol–water partition coefficient (Wildman–Crippen LogP) is 2.80. The summed E-state index contributed by atoms with van der Waals surface area (Å²) in [7, 11) is 0. The van der Waals surface area contributed by atoms with Gasteiger partial charge in [-0.3, -0.25) is 4.90 Å². The van der Waals surface area contributed by atoms with Crippen LogP contribution in [0, 0.1) is 5.92 Å². The molecule has 2 aliphatic heterocycles. The molecule has 0 aromatic rings. The molecule has 18 heavy (non-hydrogen) atoms. The molecule has 0 unspecified atom stereocenters. The van der Waals surface area contributed by atoms with E-state index in [0.29, 0.717) is 0 Å². The van der Waals surface area contributed by atoms with Crippen LogP contribution < -0.4 is 0 Å². The lowest BCUT2D eigenvalue weighted by Crippen LogP contribution is -2.49. The van der Waals surface area contributed by atoms with Crippen LogP contribution in [-0.2, 0) is 9.47 Å². The minimum Gasteiger partial charge on any atom is -0.346 e. The van der Waals surface area contributed by atoms with Gasteiger partial charge in [0.25, 0.3) is 0 Å². The van der Waals surface area contributed by atoms with Crippen LogP contribution in [0.15, 0.2) is 0 Å². The van der Waals surface area contributed by atoms with Crippen molar-refractivity contribution >= 4 is 0 Å². The fraction of sp³-hybridized carbons (Fsp3) is 1.00. The van der Waals surface area contributed by atoms with E-state index in [9.17, 15) is 0 Å². The van der Waals surface area contributed by atoms with Crippen molar-refractivity contribution < 1.29 is 9.47 Å². The van der Waals surface area contributed by atoms with Gasteiger partial charge < -0.3 is 9.47 Å². The molecule has 1 saturated carbocycles. The van der Waals surface area contributed by atoms with Gasteiger partial charge in [0.15, 0.2) is 5.79 Å². The Hall–Kier alpha value is -0.120. The summed E-state index contributed by atoms with van der Waals surface area (Å²) in [6, 6.07) is 0. The highest BCUT2D eigenvalue weighted by Crippen LogP contribution is 2.31. The third kappa shape index (κ3) is 3.06. The average Bonchev–Trinajstić information content (AvgIpc) is 2.86. The lowest BCUT2D eigenvalue weighted by Gasteiger charge is -2.39. The van der Waals surface area contributed by atoms with E-state index in [-0.39, 0.29) is 5.79 Å². The van der Waals surface area contributed by atoms with Crippen molar-refractivity contribution in [2.24, 2.45) is 5.92 Å². The van der Waals surface area contributed by atoms with E-state index in [1.165, 1.54) is 58.0 Å². The predicted molar refractivity (Wildman–Crippen MR) is 71.5 cm³/mol. The third-order valence-electron chi connectivity index (χ3n) is 4.89. The third-order valence-corrected chi connectivity index (χ3v) is 4.89. The maximum atomic E-state index is 5.84.